The zero-order valence-corrected chi connectivity index (χ0v) is 16.1. The fraction of sp³-hybridized carbons (Fsp3) is 0.250. The van der Waals surface area contributed by atoms with Crippen molar-refractivity contribution in [1.29, 1.82) is 0 Å². The highest BCUT2D eigenvalue weighted by molar-refractivity contribution is 6.02. The first-order chi connectivity index (χ1) is 14.0. The number of para-hydroxylation sites is 1. The summed E-state index contributed by atoms with van der Waals surface area (Å²) in [5, 5.41) is 3.06. The number of hydrogen-bond donors (Lipinski definition) is 1. The summed E-state index contributed by atoms with van der Waals surface area (Å²) >= 11 is 0. The van der Waals surface area contributed by atoms with Crippen molar-refractivity contribution in [3.05, 3.63) is 59.8 Å². The number of aromatic amines is 1. The molecule has 0 amide bonds. The topological polar surface area (TPSA) is 91.4 Å². The molecule has 1 N–H and O–H groups in total. The van der Waals surface area contributed by atoms with Crippen LogP contribution >= 0.6 is 0 Å². The molecule has 0 atom stereocenters. The minimum absolute atomic E-state index is 0.0109. The summed E-state index contributed by atoms with van der Waals surface area (Å²) in [4.78, 5) is 20.4. The van der Waals surface area contributed by atoms with Gasteiger partial charge in [-0.15, -0.1) is 0 Å². The monoisotopic (exact) mass is 396 g/mol. The molecule has 9 nitrogen and oxygen atoms in total. The quantitative estimate of drug-likeness (QED) is 0.195. The first kappa shape index (κ1) is 20.0. The number of nitrogens with zero attached hydrogens (tertiary/aromatic N) is 3. The van der Waals surface area contributed by atoms with E-state index in [0.29, 0.717) is 23.0 Å². The van der Waals surface area contributed by atoms with Crippen molar-refractivity contribution in [3.63, 3.8) is 0 Å². The second kappa shape index (κ2) is 8.95. The number of rotatable bonds is 9. The fourth-order valence-electron chi connectivity index (χ4n) is 2.63. The smallest absolute Gasteiger partial charge is 0.331 e. The van der Waals surface area contributed by atoms with Crippen LogP contribution in [-0.2, 0) is 14.2 Å². The van der Waals surface area contributed by atoms with Crippen LogP contribution in [0, 0.1) is 6.57 Å². The van der Waals surface area contributed by atoms with E-state index in [1.54, 1.807) is 14.0 Å². The maximum absolute atomic E-state index is 12.6. The summed E-state index contributed by atoms with van der Waals surface area (Å²) in [5.74, 6) is 1.02. The van der Waals surface area contributed by atoms with E-state index < -0.39 is 5.97 Å². The molecule has 1 aromatic carbocycles. The van der Waals surface area contributed by atoms with Crippen molar-refractivity contribution in [2.75, 3.05) is 27.1 Å². The number of benzene rings is 1. The molecule has 3 rings (SSSR count). The van der Waals surface area contributed by atoms with E-state index in [1.807, 2.05) is 24.3 Å². The number of ether oxygens (including phenoxy) is 4. The predicted molar refractivity (Wildman–Crippen MR) is 105 cm³/mol. The first-order valence-electron chi connectivity index (χ1n) is 8.70. The van der Waals surface area contributed by atoms with Crippen molar-refractivity contribution in [1.82, 2.24) is 14.6 Å². The van der Waals surface area contributed by atoms with Gasteiger partial charge in [0.1, 0.15) is 17.9 Å². The van der Waals surface area contributed by atoms with Crippen molar-refractivity contribution >= 4 is 17.3 Å². The van der Waals surface area contributed by atoms with Crippen molar-refractivity contribution in [3.8, 4) is 17.1 Å². The van der Waals surface area contributed by atoms with Gasteiger partial charge in [0.2, 0.25) is 5.69 Å². The van der Waals surface area contributed by atoms with Gasteiger partial charge in [-0.3, -0.25) is 9.61 Å². The standard InChI is InChI=1S/C20H20N4O5/c1-13(2)29-12-27-9-10-28-20(25)17-15(21-3)11-24-19(17)22-18(23-24)14-7-5-6-8-16(14)26-4/h5-8,11H,1,9-10,12H2,2,4H3,(H,22,23). The summed E-state index contributed by atoms with van der Waals surface area (Å²) in [6.45, 7) is 12.8. The molecule has 9 heteroatoms. The van der Waals surface area contributed by atoms with Gasteiger partial charge in [0, 0.05) is 6.20 Å². The number of fused-ring (bicyclic) bond motifs is 1. The maximum atomic E-state index is 12.6. The van der Waals surface area contributed by atoms with Gasteiger partial charge in [-0.25, -0.2) is 14.6 Å². The Hall–Kier alpha value is -3.77. The molecule has 3 aromatic rings. The SMILES string of the molecule is [C-]#[N+]c1cn2[nH]c(-c3ccccc3OC)nc2c1C(=O)OCCOCOC(=C)C. The van der Waals surface area contributed by atoms with Crippen LogP contribution in [-0.4, -0.2) is 47.7 Å². The Balaban J connectivity index is 1.78. The van der Waals surface area contributed by atoms with Gasteiger partial charge < -0.3 is 18.9 Å². The largest absolute Gasteiger partial charge is 0.496 e. The van der Waals surface area contributed by atoms with E-state index in [4.69, 9.17) is 25.5 Å². The Morgan fingerprint density at radius 2 is 2.10 bits per heavy atom. The Labute approximate surface area is 167 Å². The molecule has 0 unspecified atom stereocenters. The minimum atomic E-state index is -0.652. The number of aromatic nitrogens is 3. The van der Waals surface area contributed by atoms with E-state index >= 15 is 0 Å². The highest BCUT2D eigenvalue weighted by Crippen LogP contribution is 2.31. The van der Waals surface area contributed by atoms with Crippen molar-refractivity contribution in [2.24, 2.45) is 0 Å². The average Bonchev–Trinajstić information content (AvgIpc) is 3.27. The molecule has 0 aliphatic rings. The van der Waals surface area contributed by atoms with E-state index in [9.17, 15) is 4.79 Å². The van der Waals surface area contributed by atoms with Gasteiger partial charge in [0.05, 0.1) is 31.6 Å². The van der Waals surface area contributed by atoms with Crippen LogP contribution in [0.15, 0.2) is 42.8 Å². The molecular weight excluding hydrogens is 376 g/mol. The summed E-state index contributed by atoms with van der Waals surface area (Å²) < 4.78 is 22.3. The summed E-state index contributed by atoms with van der Waals surface area (Å²) in [6, 6.07) is 7.36. The highest BCUT2D eigenvalue weighted by Gasteiger charge is 2.23. The van der Waals surface area contributed by atoms with Crippen LogP contribution in [0.25, 0.3) is 21.9 Å². The van der Waals surface area contributed by atoms with Gasteiger partial charge in [-0.1, -0.05) is 18.7 Å². The molecule has 0 saturated heterocycles. The first-order valence-corrected chi connectivity index (χ1v) is 8.70. The van der Waals surface area contributed by atoms with Gasteiger partial charge in [-0.2, -0.15) is 0 Å². The molecule has 150 valence electrons. The zero-order valence-electron chi connectivity index (χ0n) is 16.1. The molecular formula is C20H20N4O5. The number of hydrogen-bond acceptors (Lipinski definition) is 6. The lowest BCUT2D eigenvalue weighted by Crippen LogP contribution is -2.12. The molecule has 0 fully saturated rings. The summed E-state index contributed by atoms with van der Waals surface area (Å²) in [5.41, 5.74) is 1.27. The Bertz CT molecular complexity index is 1080. The maximum Gasteiger partial charge on any atom is 0.331 e. The number of carbonyl (C=O) groups excluding carboxylic acids is 1. The van der Waals surface area contributed by atoms with Crippen LogP contribution in [0.1, 0.15) is 17.3 Å². The number of carbonyl (C=O) groups is 1. The third-order valence-electron chi connectivity index (χ3n) is 3.94. The summed E-state index contributed by atoms with van der Waals surface area (Å²) in [6.07, 6.45) is 1.50. The molecule has 0 aliphatic heterocycles. The normalized spacial score (nSPS) is 10.5. The van der Waals surface area contributed by atoms with Crippen LogP contribution < -0.4 is 4.74 Å². The van der Waals surface area contributed by atoms with Crippen molar-refractivity contribution in [2.45, 2.75) is 6.92 Å². The lowest BCUT2D eigenvalue weighted by Gasteiger charge is -2.07. The Morgan fingerprint density at radius 1 is 1.31 bits per heavy atom. The Morgan fingerprint density at radius 3 is 2.83 bits per heavy atom. The van der Waals surface area contributed by atoms with Gasteiger partial charge in [0.15, 0.2) is 18.3 Å². The molecule has 29 heavy (non-hydrogen) atoms. The Kier molecular flexibility index (Phi) is 6.16. The molecule has 0 saturated carbocycles. The third kappa shape index (κ3) is 4.39. The van der Waals surface area contributed by atoms with Gasteiger partial charge in [-0.05, 0) is 19.1 Å². The number of esters is 1. The van der Waals surface area contributed by atoms with E-state index in [2.05, 4.69) is 21.5 Å². The molecule has 0 bridgehead atoms. The number of H-pyrrole nitrogens is 1. The van der Waals surface area contributed by atoms with Gasteiger partial charge in [0.25, 0.3) is 0 Å². The predicted octanol–water partition coefficient (Wildman–Crippen LogP) is 3.57. The van der Waals surface area contributed by atoms with E-state index in [1.165, 1.54) is 10.7 Å². The van der Waals surface area contributed by atoms with E-state index in [-0.39, 0.29) is 31.3 Å². The average molecular weight is 396 g/mol. The van der Waals surface area contributed by atoms with Crippen LogP contribution in [0.4, 0.5) is 5.69 Å². The number of allylic oxidation sites excluding steroid dienone is 1. The summed E-state index contributed by atoms with van der Waals surface area (Å²) in [7, 11) is 1.57. The molecule has 0 aliphatic carbocycles. The molecule has 2 heterocycles. The van der Waals surface area contributed by atoms with Crippen molar-refractivity contribution < 1.29 is 23.7 Å². The number of nitrogens with one attached hydrogen (secondary N) is 1. The van der Waals surface area contributed by atoms with E-state index in [0.717, 1.165) is 5.56 Å². The molecule has 0 radical (unpaired) electrons. The second-order valence-corrected chi connectivity index (χ2v) is 5.98. The van der Waals surface area contributed by atoms with Crippen LogP contribution in [0.5, 0.6) is 5.75 Å². The molecule has 2 aromatic heterocycles. The lowest BCUT2D eigenvalue weighted by atomic mass is 10.2. The fourth-order valence-corrected chi connectivity index (χ4v) is 2.63. The molecule has 0 spiro atoms. The third-order valence-corrected chi connectivity index (χ3v) is 3.94. The van der Waals surface area contributed by atoms with Gasteiger partial charge >= 0.3 is 5.97 Å². The second-order valence-electron chi connectivity index (χ2n) is 5.98. The lowest BCUT2D eigenvalue weighted by molar-refractivity contribution is -0.0387. The zero-order chi connectivity index (χ0) is 20.8. The minimum Gasteiger partial charge on any atom is -0.496 e. The number of methoxy groups -OCH3 is 1. The van der Waals surface area contributed by atoms with Crippen LogP contribution in [0.2, 0.25) is 0 Å². The van der Waals surface area contributed by atoms with Crippen LogP contribution in [0.3, 0.4) is 0 Å². The highest BCUT2D eigenvalue weighted by atomic mass is 16.7.